The molecule has 0 saturated carbocycles. The molecule has 1 aliphatic rings. The minimum absolute atomic E-state index is 0.303. The van der Waals surface area contributed by atoms with Gasteiger partial charge in [0.1, 0.15) is 0 Å². The van der Waals surface area contributed by atoms with Gasteiger partial charge in [-0.05, 0) is 62.3 Å². The highest BCUT2D eigenvalue weighted by molar-refractivity contribution is 7.10. The Morgan fingerprint density at radius 2 is 0.650 bits per heavy atom. The van der Waals surface area contributed by atoms with Crippen molar-refractivity contribution in [3.63, 3.8) is 0 Å². The van der Waals surface area contributed by atoms with Crippen LogP contribution >= 0.6 is 0 Å². The Morgan fingerprint density at radius 3 is 0.875 bits per heavy atom. The predicted octanol–water partition coefficient (Wildman–Crippen LogP) is 3.77. The Balaban J connectivity index is 1.90. The van der Waals surface area contributed by atoms with Gasteiger partial charge in [0.25, 0.3) is 0 Å². The predicted molar refractivity (Wildman–Crippen MR) is 171 cm³/mol. The molecule has 1 aliphatic heterocycles. The van der Waals surface area contributed by atoms with Crippen molar-refractivity contribution >= 4 is 46.8 Å². The number of hydrogen-bond acceptors (Lipinski definition) is 5. The van der Waals surface area contributed by atoms with Crippen LogP contribution in [0.15, 0.2) is 121 Å². The third-order valence-corrected chi connectivity index (χ3v) is 20.0. The monoisotopic (exact) mass is 584 g/mol. The quantitative estimate of drug-likeness (QED) is 0.338. The van der Waals surface area contributed by atoms with Gasteiger partial charge in [0, 0.05) is 11.1 Å². The zero-order chi connectivity index (χ0) is 28.5. The molecule has 1 saturated heterocycles. The molecule has 208 valence electrons. The van der Waals surface area contributed by atoms with Crippen LogP contribution in [-0.2, 0) is 12.3 Å². The summed E-state index contributed by atoms with van der Waals surface area (Å²) >= 11 is 0. The van der Waals surface area contributed by atoms with Crippen LogP contribution in [0.2, 0.25) is 0 Å². The van der Waals surface area contributed by atoms with E-state index < -0.39 is 26.0 Å². The normalized spacial score (nSPS) is 18.2. The molecule has 0 amide bonds. The lowest BCUT2D eigenvalue weighted by molar-refractivity contribution is 0.199. The molecule has 2 N–H and O–H groups in total. The topological polar surface area (TPSA) is 51.8 Å². The van der Waals surface area contributed by atoms with Crippen molar-refractivity contribution < 1.29 is 12.3 Å². The van der Waals surface area contributed by atoms with Crippen LogP contribution in [0, 0.1) is 0 Å². The van der Waals surface area contributed by atoms with Gasteiger partial charge in [0.15, 0.2) is 0 Å². The molecule has 0 unspecified atom stereocenters. The molecule has 0 spiro atoms. The number of benzene rings is 4. The van der Waals surface area contributed by atoms with E-state index in [2.05, 4.69) is 149 Å². The summed E-state index contributed by atoms with van der Waals surface area (Å²) in [6.07, 6.45) is 0. The maximum Gasteiger partial charge on any atom is 0.500 e. The van der Waals surface area contributed by atoms with Gasteiger partial charge in [-0.25, -0.2) is 0 Å². The standard InChI is InChI=1S/C32H40N2O3Si3/c1-31(2,3)33-40(34-32(4,5)6)36-38(27-19-11-7-12-20-27,28-21-13-8-14-22-28)35-39(37-40,29-23-15-9-16-24-29)30-25-17-10-18-26-30/h7-26,33-34H,1-6H3. The van der Waals surface area contributed by atoms with Crippen LogP contribution in [0.5, 0.6) is 0 Å². The summed E-state index contributed by atoms with van der Waals surface area (Å²) in [5.74, 6) is 0. The first-order chi connectivity index (χ1) is 19.0. The summed E-state index contributed by atoms with van der Waals surface area (Å²) in [6.45, 7) is 13.0. The Labute approximate surface area is 242 Å². The van der Waals surface area contributed by atoms with E-state index in [1.165, 1.54) is 0 Å². The smallest absolute Gasteiger partial charge is 0.402 e. The van der Waals surface area contributed by atoms with Gasteiger partial charge in [-0.1, -0.05) is 121 Å². The van der Waals surface area contributed by atoms with Crippen molar-refractivity contribution in [2.24, 2.45) is 0 Å². The number of nitrogens with one attached hydrogen (secondary N) is 2. The summed E-state index contributed by atoms with van der Waals surface area (Å²) in [4.78, 5) is 7.78. The lowest BCUT2D eigenvalue weighted by Gasteiger charge is -2.55. The fraction of sp³-hybridized carbons (Fsp3) is 0.250. The lowest BCUT2D eigenvalue weighted by Crippen LogP contribution is -2.91. The molecule has 4 aromatic rings. The van der Waals surface area contributed by atoms with Crippen LogP contribution in [0.25, 0.3) is 0 Å². The molecular weight excluding hydrogens is 545 g/mol. The largest absolute Gasteiger partial charge is 0.500 e. The van der Waals surface area contributed by atoms with E-state index in [0.29, 0.717) is 0 Å². The average Bonchev–Trinajstić information content (AvgIpc) is 2.92. The van der Waals surface area contributed by atoms with Crippen molar-refractivity contribution in [3.8, 4) is 0 Å². The van der Waals surface area contributed by atoms with E-state index in [4.69, 9.17) is 12.3 Å². The van der Waals surface area contributed by atoms with Gasteiger partial charge in [-0.15, -0.1) is 0 Å². The first-order valence-electron chi connectivity index (χ1n) is 13.9. The second kappa shape index (κ2) is 11.0. The summed E-state index contributed by atoms with van der Waals surface area (Å²) < 4.78 is 22.7. The third kappa shape index (κ3) is 6.00. The van der Waals surface area contributed by atoms with Crippen molar-refractivity contribution in [1.29, 1.82) is 0 Å². The van der Waals surface area contributed by atoms with E-state index in [1.54, 1.807) is 0 Å². The fourth-order valence-electron chi connectivity index (χ4n) is 5.23. The highest BCUT2D eigenvalue weighted by atomic mass is 28.5. The highest BCUT2D eigenvalue weighted by Crippen LogP contribution is 2.31. The molecule has 1 fully saturated rings. The fourth-order valence-corrected chi connectivity index (χ4v) is 21.5. The van der Waals surface area contributed by atoms with Gasteiger partial charge in [-0.2, -0.15) is 0 Å². The van der Waals surface area contributed by atoms with E-state index >= 15 is 0 Å². The molecule has 8 heteroatoms. The van der Waals surface area contributed by atoms with Gasteiger partial charge >= 0.3 is 26.0 Å². The SMILES string of the molecule is CC(C)(C)N[Si]1(NC(C)(C)C)O[Si](c2ccccc2)(c2ccccc2)O[Si](c2ccccc2)(c2ccccc2)O1. The molecule has 0 aromatic heterocycles. The van der Waals surface area contributed by atoms with Gasteiger partial charge in [0.05, 0.1) is 0 Å². The molecule has 40 heavy (non-hydrogen) atoms. The molecule has 0 atom stereocenters. The van der Waals surface area contributed by atoms with Crippen molar-refractivity contribution in [3.05, 3.63) is 121 Å². The molecule has 0 aliphatic carbocycles. The third-order valence-electron chi connectivity index (χ3n) is 6.56. The van der Waals surface area contributed by atoms with E-state index in [0.717, 1.165) is 20.7 Å². The second-order valence-electron chi connectivity index (χ2n) is 12.4. The number of hydrogen-bond donors (Lipinski definition) is 2. The lowest BCUT2D eigenvalue weighted by atomic mass is 10.1. The molecule has 5 nitrogen and oxygen atoms in total. The molecule has 0 radical (unpaired) electrons. The average molecular weight is 585 g/mol. The molecule has 4 aromatic carbocycles. The van der Waals surface area contributed by atoms with E-state index in [9.17, 15) is 0 Å². The van der Waals surface area contributed by atoms with Crippen LogP contribution in [-0.4, -0.2) is 37.1 Å². The molecule has 5 rings (SSSR count). The van der Waals surface area contributed by atoms with Gasteiger partial charge in [-0.3, -0.25) is 9.96 Å². The van der Waals surface area contributed by atoms with Gasteiger partial charge in [0.2, 0.25) is 0 Å². The molecule has 1 heterocycles. The van der Waals surface area contributed by atoms with Crippen LogP contribution in [0.4, 0.5) is 0 Å². The van der Waals surface area contributed by atoms with E-state index in [1.807, 2.05) is 24.3 Å². The first-order valence-corrected chi connectivity index (χ1v) is 19.3. The molecular formula is C32H40N2O3Si3. The van der Waals surface area contributed by atoms with Crippen LogP contribution in [0.3, 0.4) is 0 Å². The number of rotatable bonds is 6. The van der Waals surface area contributed by atoms with Crippen LogP contribution in [0.1, 0.15) is 41.5 Å². The van der Waals surface area contributed by atoms with Crippen molar-refractivity contribution in [2.75, 3.05) is 0 Å². The Bertz CT molecular complexity index is 1210. The maximum absolute atomic E-state index is 7.68. The van der Waals surface area contributed by atoms with Crippen LogP contribution < -0.4 is 30.7 Å². The highest BCUT2D eigenvalue weighted by Gasteiger charge is 2.68. The Kier molecular flexibility index (Phi) is 7.90. The molecule has 0 bridgehead atoms. The minimum atomic E-state index is -3.46. The summed E-state index contributed by atoms with van der Waals surface area (Å²) in [6, 6.07) is 41.9. The Hall–Kier alpha value is -2.67. The van der Waals surface area contributed by atoms with E-state index in [-0.39, 0.29) is 11.1 Å². The second-order valence-corrected chi connectivity index (χ2v) is 21.3. The van der Waals surface area contributed by atoms with Gasteiger partial charge < -0.3 is 12.3 Å². The zero-order valence-electron chi connectivity index (χ0n) is 24.3. The zero-order valence-corrected chi connectivity index (χ0v) is 27.3. The Morgan fingerprint density at radius 1 is 0.400 bits per heavy atom. The first kappa shape index (κ1) is 28.8. The van der Waals surface area contributed by atoms with Crippen molar-refractivity contribution in [1.82, 2.24) is 9.96 Å². The summed E-state index contributed by atoms with van der Waals surface area (Å²) in [5, 5.41) is 4.21. The summed E-state index contributed by atoms with van der Waals surface area (Å²) in [7, 11) is -10.3. The maximum atomic E-state index is 7.68. The minimum Gasteiger partial charge on any atom is -0.402 e. The summed E-state index contributed by atoms with van der Waals surface area (Å²) in [5.41, 5.74) is -0.605. The van der Waals surface area contributed by atoms with Crippen molar-refractivity contribution in [2.45, 2.75) is 52.6 Å².